The van der Waals surface area contributed by atoms with E-state index in [1.54, 1.807) is 13.1 Å². The predicted octanol–water partition coefficient (Wildman–Crippen LogP) is 3.71. The van der Waals surface area contributed by atoms with E-state index in [0.29, 0.717) is 31.2 Å². The van der Waals surface area contributed by atoms with Gasteiger partial charge in [-0.05, 0) is 39.7 Å². The number of ether oxygens (including phenoxy) is 2. The number of anilines is 1. The lowest BCUT2D eigenvalue weighted by Gasteiger charge is -2.26. The van der Waals surface area contributed by atoms with Gasteiger partial charge < -0.3 is 14.8 Å². The highest BCUT2D eigenvalue weighted by Gasteiger charge is 2.31. The second-order valence-corrected chi connectivity index (χ2v) is 5.52. The highest BCUT2D eigenvalue weighted by molar-refractivity contribution is 5.97. The number of nitrogens with zero attached hydrogens (tertiary/aromatic N) is 1. The van der Waals surface area contributed by atoms with Gasteiger partial charge in [-0.15, -0.1) is 0 Å². The molecule has 1 amide bonds. The molecule has 0 spiro atoms. The van der Waals surface area contributed by atoms with Crippen LogP contribution in [0.5, 0.6) is 5.88 Å². The van der Waals surface area contributed by atoms with Crippen molar-refractivity contribution < 1.29 is 14.3 Å². The Kier molecular flexibility index (Phi) is 7.32. The minimum Gasteiger partial charge on any atom is -0.477 e. The largest absolute Gasteiger partial charge is 0.477 e. The summed E-state index contributed by atoms with van der Waals surface area (Å²) in [5, 5.41) is 2.87. The van der Waals surface area contributed by atoms with Crippen molar-refractivity contribution in [3.8, 4) is 5.88 Å². The maximum Gasteiger partial charge on any atom is 0.256 e. The molecule has 0 unspecified atom stereocenters. The fourth-order valence-corrected chi connectivity index (χ4v) is 2.00. The minimum atomic E-state index is -0.820. The third-order valence-corrected chi connectivity index (χ3v) is 3.64. The van der Waals surface area contributed by atoms with Crippen molar-refractivity contribution in [2.24, 2.45) is 0 Å². The summed E-state index contributed by atoms with van der Waals surface area (Å²) < 4.78 is 11.2. The first-order valence-electron chi connectivity index (χ1n) is 8.01. The summed E-state index contributed by atoms with van der Waals surface area (Å²) in [5.41, 5.74) is 0.743. The molecule has 0 aromatic carbocycles. The van der Waals surface area contributed by atoms with Crippen LogP contribution in [0.2, 0.25) is 0 Å². The van der Waals surface area contributed by atoms with Crippen LogP contribution >= 0.6 is 0 Å². The van der Waals surface area contributed by atoms with Crippen LogP contribution in [0, 0.1) is 6.92 Å². The summed E-state index contributed by atoms with van der Waals surface area (Å²) in [4.78, 5) is 16.6. The van der Waals surface area contributed by atoms with E-state index < -0.39 is 5.60 Å². The van der Waals surface area contributed by atoms with E-state index in [1.165, 1.54) is 0 Å². The lowest BCUT2D eigenvalue weighted by Crippen LogP contribution is -2.42. The minimum absolute atomic E-state index is 0.155. The van der Waals surface area contributed by atoms with Crippen LogP contribution in [0.3, 0.4) is 0 Å². The average molecular weight is 308 g/mol. The molecule has 5 heteroatoms. The van der Waals surface area contributed by atoms with Gasteiger partial charge >= 0.3 is 0 Å². The number of amides is 1. The van der Waals surface area contributed by atoms with Crippen molar-refractivity contribution in [3.05, 3.63) is 17.8 Å². The number of rotatable bonds is 9. The summed E-state index contributed by atoms with van der Waals surface area (Å²) in [5.74, 6) is 0.465. The van der Waals surface area contributed by atoms with E-state index in [-0.39, 0.29) is 5.91 Å². The van der Waals surface area contributed by atoms with Crippen molar-refractivity contribution in [2.45, 2.75) is 59.5 Å². The van der Waals surface area contributed by atoms with E-state index >= 15 is 0 Å². The van der Waals surface area contributed by atoms with E-state index in [2.05, 4.69) is 17.2 Å². The monoisotopic (exact) mass is 308 g/mol. The first-order valence-corrected chi connectivity index (χ1v) is 8.01. The summed E-state index contributed by atoms with van der Waals surface area (Å²) in [6.45, 7) is 10.8. The molecule has 1 N–H and O–H groups in total. The van der Waals surface area contributed by atoms with Gasteiger partial charge in [-0.25, -0.2) is 4.98 Å². The van der Waals surface area contributed by atoms with Gasteiger partial charge in [0, 0.05) is 12.2 Å². The summed E-state index contributed by atoms with van der Waals surface area (Å²) in [6, 6.07) is 1.87. The Morgan fingerprint density at radius 2 is 2.09 bits per heavy atom. The van der Waals surface area contributed by atoms with Crippen LogP contribution in [0.25, 0.3) is 0 Å². The van der Waals surface area contributed by atoms with Gasteiger partial charge in [0.25, 0.3) is 5.91 Å². The van der Waals surface area contributed by atoms with Crippen LogP contribution < -0.4 is 10.1 Å². The van der Waals surface area contributed by atoms with Crippen LogP contribution in [-0.4, -0.2) is 29.7 Å². The van der Waals surface area contributed by atoms with Crippen molar-refractivity contribution in [1.29, 1.82) is 0 Å². The summed E-state index contributed by atoms with van der Waals surface area (Å²) >= 11 is 0. The zero-order valence-electron chi connectivity index (χ0n) is 14.4. The SMILES string of the molecule is CCCCOc1ncc(NC(=O)[C@](C)(CC)OCC)cc1C. The Labute approximate surface area is 133 Å². The highest BCUT2D eigenvalue weighted by atomic mass is 16.5. The lowest BCUT2D eigenvalue weighted by atomic mass is 10.0. The van der Waals surface area contributed by atoms with Gasteiger partial charge in [0.15, 0.2) is 0 Å². The first-order chi connectivity index (χ1) is 10.5. The molecule has 0 bridgehead atoms. The Balaban J connectivity index is 2.74. The fourth-order valence-electron chi connectivity index (χ4n) is 2.00. The Morgan fingerprint density at radius 1 is 1.36 bits per heavy atom. The van der Waals surface area contributed by atoms with Crippen molar-refractivity contribution in [1.82, 2.24) is 4.98 Å². The number of pyridine rings is 1. The molecule has 0 radical (unpaired) electrons. The van der Waals surface area contributed by atoms with E-state index in [9.17, 15) is 4.79 Å². The number of nitrogens with one attached hydrogen (secondary N) is 1. The number of hydrogen-bond donors (Lipinski definition) is 1. The smallest absolute Gasteiger partial charge is 0.256 e. The van der Waals surface area contributed by atoms with Gasteiger partial charge in [0.1, 0.15) is 5.60 Å². The van der Waals surface area contributed by atoms with Crippen LogP contribution in [-0.2, 0) is 9.53 Å². The molecular formula is C17H28N2O3. The van der Waals surface area contributed by atoms with E-state index in [4.69, 9.17) is 9.47 Å². The van der Waals surface area contributed by atoms with Crippen molar-refractivity contribution in [2.75, 3.05) is 18.5 Å². The highest BCUT2D eigenvalue weighted by Crippen LogP contribution is 2.22. The third-order valence-electron chi connectivity index (χ3n) is 3.64. The first kappa shape index (κ1) is 18.4. The van der Waals surface area contributed by atoms with Crippen LogP contribution in [0.15, 0.2) is 12.3 Å². The van der Waals surface area contributed by atoms with Gasteiger partial charge in [-0.2, -0.15) is 0 Å². The lowest BCUT2D eigenvalue weighted by molar-refractivity contribution is -0.139. The van der Waals surface area contributed by atoms with Crippen molar-refractivity contribution in [3.63, 3.8) is 0 Å². The molecule has 1 heterocycles. The van der Waals surface area contributed by atoms with E-state index in [0.717, 1.165) is 18.4 Å². The quantitative estimate of drug-likeness (QED) is 0.706. The molecule has 0 saturated carbocycles. The molecule has 0 fully saturated rings. The van der Waals surface area contributed by atoms with E-state index in [1.807, 2.05) is 26.8 Å². The number of hydrogen-bond acceptors (Lipinski definition) is 4. The average Bonchev–Trinajstić information content (AvgIpc) is 2.49. The molecule has 1 rings (SSSR count). The summed E-state index contributed by atoms with van der Waals surface area (Å²) in [6.07, 6.45) is 4.31. The maximum atomic E-state index is 12.4. The molecule has 124 valence electrons. The number of aryl methyl sites for hydroxylation is 1. The number of aromatic nitrogens is 1. The topological polar surface area (TPSA) is 60.5 Å². The molecule has 1 atom stereocenters. The second kappa shape index (κ2) is 8.73. The van der Waals surface area contributed by atoms with Crippen molar-refractivity contribution >= 4 is 11.6 Å². The van der Waals surface area contributed by atoms with Gasteiger partial charge in [0.05, 0.1) is 18.5 Å². The Morgan fingerprint density at radius 3 is 2.64 bits per heavy atom. The molecule has 1 aromatic heterocycles. The van der Waals surface area contributed by atoms with Crippen LogP contribution in [0.1, 0.15) is 52.5 Å². The fraction of sp³-hybridized carbons (Fsp3) is 0.647. The third kappa shape index (κ3) is 4.98. The molecule has 0 aliphatic heterocycles. The molecule has 1 aromatic rings. The molecule has 0 aliphatic rings. The van der Waals surface area contributed by atoms with Gasteiger partial charge in [-0.3, -0.25) is 4.79 Å². The number of carbonyl (C=O) groups excluding carboxylic acids is 1. The molecule has 5 nitrogen and oxygen atoms in total. The summed E-state index contributed by atoms with van der Waals surface area (Å²) in [7, 11) is 0. The number of unbranched alkanes of at least 4 members (excludes halogenated alkanes) is 1. The van der Waals surface area contributed by atoms with Crippen LogP contribution in [0.4, 0.5) is 5.69 Å². The molecule has 0 aliphatic carbocycles. The predicted molar refractivity (Wildman–Crippen MR) is 88.3 cm³/mol. The molecule has 22 heavy (non-hydrogen) atoms. The molecule has 0 saturated heterocycles. The number of carbonyl (C=O) groups is 1. The van der Waals surface area contributed by atoms with Gasteiger partial charge in [-0.1, -0.05) is 20.3 Å². The Hall–Kier alpha value is -1.62. The molecular weight excluding hydrogens is 280 g/mol. The zero-order valence-corrected chi connectivity index (χ0v) is 14.4. The second-order valence-electron chi connectivity index (χ2n) is 5.52. The maximum absolute atomic E-state index is 12.4. The van der Waals surface area contributed by atoms with Gasteiger partial charge in [0.2, 0.25) is 5.88 Å². The standard InChI is InChI=1S/C17H28N2O3/c1-6-9-10-21-15-13(4)11-14(12-18-15)19-16(20)17(5,7-2)22-8-3/h11-12H,6-10H2,1-5H3,(H,19,20)/t17-/m0/s1. The normalized spacial score (nSPS) is 13.5. The zero-order chi connectivity index (χ0) is 16.6. The Bertz CT molecular complexity index is 491.